The Kier molecular flexibility index (Phi) is 6.46. The van der Waals surface area contributed by atoms with E-state index < -0.39 is 17.3 Å². The van der Waals surface area contributed by atoms with Gasteiger partial charge >= 0.3 is 0 Å². The Morgan fingerprint density at radius 3 is 2.53 bits per heavy atom. The molecule has 1 aromatic carbocycles. The molecule has 0 fully saturated rings. The average Bonchev–Trinajstić information content (AvgIpc) is 2.31. The van der Waals surface area contributed by atoms with Gasteiger partial charge in [0.15, 0.2) is 0 Å². The van der Waals surface area contributed by atoms with Crippen LogP contribution < -0.4 is 11.1 Å². The number of hydrogen-bond acceptors (Lipinski definition) is 2. The molecule has 0 radical (unpaired) electrons. The number of nitrogens with two attached hydrogens (primary N) is 1. The van der Waals surface area contributed by atoms with E-state index in [1.54, 1.807) is 12.1 Å². The van der Waals surface area contributed by atoms with Crippen LogP contribution >= 0.6 is 12.4 Å². The van der Waals surface area contributed by atoms with Crippen molar-refractivity contribution in [3.63, 3.8) is 0 Å². The Hall–Kier alpha value is -1.13. The van der Waals surface area contributed by atoms with Crippen LogP contribution in [0, 0.1) is 18.7 Å². The smallest absolute Gasteiger partial charge is 0.254 e. The first-order valence-electron chi connectivity index (χ1n) is 6.09. The van der Waals surface area contributed by atoms with Crippen LogP contribution in [0.5, 0.6) is 0 Å². The molecule has 108 valence electrons. The summed E-state index contributed by atoms with van der Waals surface area (Å²) >= 11 is 0. The zero-order chi connectivity index (χ0) is 13.9. The molecule has 19 heavy (non-hydrogen) atoms. The summed E-state index contributed by atoms with van der Waals surface area (Å²) in [5, 5.41) is 2.82. The monoisotopic (exact) mass is 288 g/mol. The maximum absolute atomic E-state index is 13.6. The molecule has 0 saturated carbocycles. The lowest BCUT2D eigenvalue weighted by molar-refractivity contribution is 0.0879. The number of hydrogen-bond donors (Lipinski definition) is 2. The van der Waals surface area contributed by atoms with Crippen molar-refractivity contribution in [3.05, 3.63) is 35.1 Å². The van der Waals surface area contributed by atoms with Crippen LogP contribution in [-0.2, 0) is 0 Å². The van der Waals surface area contributed by atoms with Gasteiger partial charge in [0.1, 0.15) is 5.82 Å². The zero-order valence-corrected chi connectivity index (χ0v) is 12.6. The number of halogens is 2. The second kappa shape index (κ2) is 6.87. The van der Waals surface area contributed by atoms with E-state index in [2.05, 4.69) is 5.32 Å². The van der Waals surface area contributed by atoms with Gasteiger partial charge in [0.25, 0.3) is 5.91 Å². The molecular weight excluding hydrogens is 267 g/mol. The standard InChI is InChI=1S/C14H21FN2O.ClH/c1-9(2)14(4,8-16)17-13(18)11-7-10(3)5-6-12(11)15;/h5-7,9H,8,16H2,1-4H3,(H,17,18);1H. The largest absolute Gasteiger partial charge is 0.345 e. The first-order chi connectivity index (χ1) is 8.30. The summed E-state index contributed by atoms with van der Waals surface area (Å²) in [6, 6.07) is 4.48. The SMILES string of the molecule is Cc1ccc(F)c(C(=O)NC(C)(CN)C(C)C)c1.Cl. The number of amides is 1. The summed E-state index contributed by atoms with van der Waals surface area (Å²) in [5.41, 5.74) is 6.07. The average molecular weight is 289 g/mol. The van der Waals surface area contributed by atoms with Crippen LogP contribution in [0.3, 0.4) is 0 Å². The fraction of sp³-hybridized carbons (Fsp3) is 0.500. The van der Waals surface area contributed by atoms with E-state index in [9.17, 15) is 9.18 Å². The number of aryl methyl sites for hydroxylation is 1. The first kappa shape index (κ1) is 17.9. The van der Waals surface area contributed by atoms with Crippen LogP contribution in [0.4, 0.5) is 4.39 Å². The lowest BCUT2D eigenvalue weighted by atomic mass is 9.88. The number of carbonyl (C=O) groups excluding carboxylic acids is 1. The van der Waals surface area contributed by atoms with Crippen molar-refractivity contribution < 1.29 is 9.18 Å². The van der Waals surface area contributed by atoms with Crippen molar-refractivity contribution in [2.45, 2.75) is 33.2 Å². The Bertz CT molecular complexity index is 451. The molecule has 1 amide bonds. The molecule has 0 bridgehead atoms. The van der Waals surface area contributed by atoms with E-state index in [-0.39, 0.29) is 23.9 Å². The van der Waals surface area contributed by atoms with E-state index >= 15 is 0 Å². The highest BCUT2D eigenvalue weighted by atomic mass is 35.5. The van der Waals surface area contributed by atoms with E-state index in [0.717, 1.165) is 5.56 Å². The third kappa shape index (κ3) is 4.18. The van der Waals surface area contributed by atoms with Crippen molar-refractivity contribution >= 4 is 18.3 Å². The molecule has 5 heteroatoms. The summed E-state index contributed by atoms with van der Waals surface area (Å²) < 4.78 is 13.6. The number of rotatable bonds is 4. The minimum atomic E-state index is -0.534. The minimum absolute atomic E-state index is 0. The summed E-state index contributed by atoms with van der Waals surface area (Å²) in [5.74, 6) is -0.765. The second-order valence-electron chi connectivity index (χ2n) is 5.21. The maximum Gasteiger partial charge on any atom is 0.254 e. The normalized spacial score (nSPS) is 13.6. The fourth-order valence-corrected chi connectivity index (χ4v) is 1.57. The number of nitrogens with one attached hydrogen (secondary N) is 1. The van der Waals surface area contributed by atoms with Gasteiger partial charge in [-0.25, -0.2) is 4.39 Å². The van der Waals surface area contributed by atoms with E-state index in [0.29, 0.717) is 6.54 Å². The highest BCUT2D eigenvalue weighted by molar-refractivity contribution is 5.95. The lowest BCUT2D eigenvalue weighted by Gasteiger charge is -2.33. The molecule has 0 aliphatic rings. The third-order valence-corrected chi connectivity index (χ3v) is 3.46. The van der Waals surface area contributed by atoms with E-state index in [4.69, 9.17) is 5.73 Å². The highest BCUT2D eigenvalue weighted by Gasteiger charge is 2.29. The van der Waals surface area contributed by atoms with Gasteiger partial charge in [0.2, 0.25) is 0 Å². The minimum Gasteiger partial charge on any atom is -0.345 e. The van der Waals surface area contributed by atoms with Gasteiger partial charge in [0, 0.05) is 6.54 Å². The fourth-order valence-electron chi connectivity index (χ4n) is 1.57. The second-order valence-corrected chi connectivity index (χ2v) is 5.21. The Morgan fingerprint density at radius 1 is 1.47 bits per heavy atom. The van der Waals surface area contributed by atoms with E-state index in [1.165, 1.54) is 6.07 Å². The highest BCUT2D eigenvalue weighted by Crippen LogP contribution is 2.17. The number of carbonyl (C=O) groups is 1. The summed E-state index contributed by atoms with van der Waals surface area (Å²) in [6.45, 7) is 7.94. The van der Waals surface area contributed by atoms with Crippen LogP contribution in [-0.4, -0.2) is 18.0 Å². The molecule has 1 atom stereocenters. The quantitative estimate of drug-likeness (QED) is 0.895. The molecule has 0 spiro atoms. The van der Waals surface area contributed by atoms with Gasteiger partial charge in [-0.2, -0.15) is 0 Å². The Balaban J connectivity index is 0.00000324. The van der Waals surface area contributed by atoms with Crippen LogP contribution in [0.2, 0.25) is 0 Å². The van der Waals surface area contributed by atoms with Gasteiger partial charge in [-0.15, -0.1) is 12.4 Å². The molecule has 3 N–H and O–H groups in total. The summed E-state index contributed by atoms with van der Waals surface area (Å²) in [7, 11) is 0. The zero-order valence-electron chi connectivity index (χ0n) is 11.8. The van der Waals surface area contributed by atoms with Crippen molar-refractivity contribution in [3.8, 4) is 0 Å². The summed E-state index contributed by atoms with van der Waals surface area (Å²) in [4.78, 5) is 12.1. The third-order valence-electron chi connectivity index (χ3n) is 3.46. The van der Waals surface area contributed by atoms with Gasteiger partial charge < -0.3 is 11.1 Å². The number of benzene rings is 1. The van der Waals surface area contributed by atoms with E-state index in [1.807, 2.05) is 27.7 Å². The van der Waals surface area contributed by atoms with Crippen molar-refractivity contribution in [1.29, 1.82) is 0 Å². The molecule has 3 nitrogen and oxygen atoms in total. The van der Waals surface area contributed by atoms with Gasteiger partial charge in [-0.05, 0) is 31.9 Å². The molecule has 1 unspecified atom stereocenters. The van der Waals surface area contributed by atoms with Crippen molar-refractivity contribution in [2.75, 3.05) is 6.54 Å². The first-order valence-corrected chi connectivity index (χ1v) is 6.09. The molecule has 0 aromatic heterocycles. The Morgan fingerprint density at radius 2 is 2.05 bits per heavy atom. The van der Waals surface area contributed by atoms with Crippen LogP contribution in [0.25, 0.3) is 0 Å². The molecule has 0 aliphatic heterocycles. The molecular formula is C14H22ClFN2O. The Labute approximate surface area is 120 Å². The topological polar surface area (TPSA) is 55.1 Å². The van der Waals surface area contributed by atoms with Crippen LogP contribution in [0.15, 0.2) is 18.2 Å². The summed E-state index contributed by atoms with van der Waals surface area (Å²) in [6.07, 6.45) is 0. The van der Waals surface area contributed by atoms with Gasteiger partial charge in [-0.1, -0.05) is 25.5 Å². The maximum atomic E-state index is 13.6. The molecule has 0 heterocycles. The molecule has 0 saturated heterocycles. The van der Waals surface area contributed by atoms with Crippen molar-refractivity contribution in [1.82, 2.24) is 5.32 Å². The molecule has 0 aliphatic carbocycles. The van der Waals surface area contributed by atoms with Gasteiger partial charge in [-0.3, -0.25) is 4.79 Å². The molecule has 1 aromatic rings. The predicted octanol–water partition coefficient (Wildman–Crippen LogP) is 2.66. The lowest BCUT2D eigenvalue weighted by Crippen LogP contribution is -2.55. The predicted molar refractivity (Wildman–Crippen MR) is 78.1 cm³/mol. The van der Waals surface area contributed by atoms with Gasteiger partial charge in [0.05, 0.1) is 11.1 Å². The molecule has 1 rings (SSSR count). The van der Waals surface area contributed by atoms with Crippen molar-refractivity contribution in [2.24, 2.45) is 11.7 Å². The van der Waals surface area contributed by atoms with Crippen LogP contribution in [0.1, 0.15) is 36.7 Å².